The minimum Gasteiger partial charge on any atom is -0.378 e. The van der Waals surface area contributed by atoms with E-state index in [2.05, 4.69) is 39.3 Å². The standard InChI is InChI=1S/C19H39N5O2.HI/c1-7-26-17(15(2)3)8-9-21-19(20-6)24-12-10-23(11-13-24)14-18(25)22-16(4)5;/h15-17H,7-14H2,1-6H3,(H,20,21)(H,22,25);1H. The summed E-state index contributed by atoms with van der Waals surface area (Å²) in [6.45, 7) is 16.0. The molecule has 0 spiro atoms. The lowest BCUT2D eigenvalue weighted by Crippen LogP contribution is -2.54. The summed E-state index contributed by atoms with van der Waals surface area (Å²) in [6.07, 6.45) is 1.25. The molecule has 0 bridgehead atoms. The number of rotatable bonds is 9. The second-order valence-corrected chi connectivity index (χ2v) is 7.49. The minimum atomic E-state index is 0. The molecule has 1 rings (SSSR count). The van der Waals surface area contributed by atoms with Gasteiger partial charge < -0.3 is 20.3 Å². The third kappa shape index (κ3) is 10.5. The van der Waals surface area contributed by atoms with E-state index in [1.807, 2.05) is 27.8 Å². The number of nitrogens with one attached hydrogen (secondary N) is 2. The molecule has 0 saturated carbocycles. The molecule has 1 aliphatic rings. The molecule has 1 unspecified atom stereocenters. The van der Waals surface area contributed by atoms with E-state index in [0.717, 1.165) is 51.7 Å². The number of ether oxygens (including phenoxy) is 1. The van der Waals surface area contributed by atoms with Crippen LogP contribution in [-0.4, -0.2) is 86.7 Å². The molecule has 8 heteroatoms. The van der Waals surface area contributed by atoms with Crippen LogP contribution in [0.4, 0.5) is 0 Å². The van der Waals surface area contributed by atoms with E-state index >= 15 is 0 Å². The number of guanidine groups is 1. The second kappa shape index (κ2) is 14.4. The molecular formula is C19H40IN5O2. The van der Waals surface area contributed by atoms with Crippen LogP contribution in [0.1, 0.15) is 41.0 Å². The van der Waals surface area contributed by atoms with Gasteiger partial charge in [-0.05, 0) is 33.1 Å². The quantitative estimate of drug-likeness (QED) is 0.289. The number of amides is 1. The number of aliphatic imine (C=N–C) groups is 1. The van der Waals surface area contributed by atoms with Gasteiger partial charge in [0.05, 0.1) is 12.6 Å². The fraction of sp³-hybridized carbons (Fsp3) is 0.895. The lowest BCUT2D eigenvalue weighted by molar-refractivity contribution is -0.123. The molecule has 0 aromatic carbocycles. The highest BCUT2D eigenvalue weighted by Gasteiger charge is 2.21. The fourth-order valence-electron chi connectivity index (χ4n) is 3.17. The Kier molecular flexibility index (Phi) is 14.1. The van der Waals surface area contributed by atoms with Crippen molar-refractivity contribution in [2.24, 2.45) is 10.9 Å². The first kappa shape index (κ1) is 26.4. The molecule has 1 aliphatic heterocycles. The number of halogens is 1. The molecule has 0 aromatic heterocycles. The van der Waals surface area contributed by atoms with Crippen molar-refractivity contribution >= 4 is 35.8 Å². The summed E-state index contributed by atoms with van der Waals surface area (Å²) in [7, 11) is 1.83. The van der Waals surface area contributed by atoms with Gasteiger partial charge in [0.2, 0.25) is 5.91 Å². The van der Waals surface area contributed by atoms with Gasteiger partial charge in [-0.3, -0.25) is 14.7 Å². The summed E-state index contributed by atoms with van der Waals surface area (Å²) in [5, 5.41) is 6.41. The number of piperazine rings is 1. The Morgan fingerprint density at radius 1 is 1.15 bits per heavy atom. The average Bonchev–Trinajstić information content (AvgIpc) is 2.57. The van der Waals surface area contributed by atoms with Crippen molar-refractivity contribution in [2.45, 2.75) is 53.2 Å². The average molecular weight is 497 g/mol. The lowest BCUT2D eigenvalue weighted by atomic mass is 10.0. The van der Waals surface area contributed by atoms with Gasteiger partial charge >= 0.3 is 0 Å². The summed E-state index contributed by atoms with van der Waals surface area (Å²) in [4.78, 5) is 20.8. The third-order valence-corrected chi connectivity index (χ3v) is 4.54. The smallest absolute Gasteiger partial charge is 0.234 e. The van der Waals surface area contributed by atoms with Crippen molar-refractivity contribution < 1.29 is 9.53 Å². The molecule has 1 heterocycles. The summed E-state index contributed by atoms with van der Waals surface area (Å²) < 4.78 is 5.80. The Balaban J connectivity index is 0.00000676. The Morgan fingerprint density at radius 3 is 2.26 bits per heavy atom. The number of carbonyl (C=O) groups is 1. The number of hydrogen-bond donors (Lipinski definition) is 2. The lowest BCUT2D eigenvalue weighted by Gasteiger charge is -2.36. The van der Waals surface area contributed by atoms with Crippen LogP contribution in [0.3, 0.4) is 0 Å². The largest absolute Gasteiger partial charge is 0.378 e. The van der Waals surface area contributed by atoms with E-state index in [-0.39, 0.29) is 42.0 Å². The zero-order valence-electron chi connectivity index (χ0n) is 18.0. The predicted molar refractivity (Wildman–Crippen MR) is 123 cm³/mol. The van der Waals surface area contributed by atoms with Crippen LogP contribution in [0.5, 0.6) is 0 Å². The van der Waals surface area contributed by atoms with Gasteiger partial charge in [-0.25, -0.2) is 0 Å². The Labute approximate surface area is 182 Å². The second-order valence-electron chi connectivity index (χ2n) is 7.49. The summed E-state index contributed by atoms with van der Waals surface area (Å²) in [5.41, 5.74) is 0. The van der Waals surface area contributed by atoms with Gasteiger partial charge in [0.25, 0.3) is 0 Å². The Morgan fingerprint density at radius 2 is 1.78 bits per heavy atom. The van der Waals surface area contributed by atoms with Crippen LogP contribution in [0.15, 0.2) is 4.99 Å². The highest BCUT2D eigenvalue weighted by Crippen LogP contribution is 2.10. The zero-order valence-corrected chi connectivity index (χ0v) is 20.3. The van der Waals surface area contributed by atoms with Gasteiger partial charge in [-0.15, -0.1) is 24.0 Å². The van der Waals surface area contributed by atoms with Crippen LogP contribution in [0, 0.1) is 5.92 Å². The van der Waals surface area contributed by atoms with E-state index in [0.29, 0.717) is 12.5 Å². The Bertz CT molecular complexity index is 438. The number of carbonyl (C=O) groups excluding carboxylic acids is 1. The van der Waals surface area contributed by atoms with E-state index in [9.17, 15) is 4.79 Å². The van der Waals surface area contributed by atoms with Gasteiger partial charge in [-0.2, -0.15) is 0 Å². The van der Waals surface area contributed by atoms with E-state index in [4.69, 9.17) is 4.74 Å². The van der Waals surface area contributed by atoms with Gasteiger partial charge in [0.15, 0.2) is 5.96 Å². The number of hydrogen-bond acceptors (Lipinski definition) is 4. The molecule has 0 aliphatic carbocycles. The molecular weight excluding hydrogens is 457 g/mol. The highest BCUT2D eigenvalue weighted by molar-refractivity contribution is 14.0. The summed E-state index contributed by atoms with van der Waals surface area (Å²) in [5.74, 6) is 1.56. The normalized spacial score (nSPS) is 17.0. The summed E-state index contributed by atoms with van der Waals surface area (Å²) in [6, 6.07) is 0.193. The van der Waals surface area contributed by atoms with Crippen LogP contribution >= 0.6 is 24.0 Å². The zero-order chi connectivity index (χ0) is 19.5. The minimum absolute atomic E-state index is 0. The van der Waals surface area contributed by atoms with Crippen LogP contribution in [0.2, 0.25) is 0 Å². The summed E-state index contributed by atoms with van der Waals surface area (Å²) >= 11 is 0. The van der Waals surface area contributed by atoms with E-state index < -0.39 is 0 Å². The molecule has 2 N–H and O–H groups in total. The first-order valence-electron chi connectivity index (χ1n) is 9.96. The van der Waals surface area contributed by atoms with Crippen molar-refractivity contribution in [2.75, 3.05) is 52.9 Å². The van der Waals surface area contributed by atoms with Crippen molar-refractivity contribution in [1.29, 1.82) is 0 Å². The molecule has 160 valence electrons. The van der Waals surface area contributed by atoms with Gasteiger partial charge in [0.1, 0.15) is 0 Å². The highest BCUT2D eigenvalue weighted by atomic mass is 127. The monoisotopic (exact) mass is 497 g/mol. The van der Waals surface area contributed by atoms with Crippen molar-refractivity contribution in [3.63, 3.8) is 0 Å². The van der Waals surface area contributed by atoms with Crippen molar-refractivity contribution in [1.82, 2.24) is 20.4 Å². The topological polar surface area (TPSA) is 69.2 Å². The molecule has 1 amide bonds. The van der Waals surface area contributed by atoms with Gasteiger partial charge in [-0.1, -0.05) is 13.8 Å². The van der Waals surface area contributed by atoms with Crippen molar-refractivity contribution in [3.8, 4) is 0 Å². The third-order valence-electron chi connectivity index (χ3n) is 4.54. The van der Waals surface area contributed by atoms with Crippen LogP contribution in [-0.2, 0) is 9.53 Å². The Hall–Kier alpha value is -0.610. The van der Waals surface area contributed by atoms with E-state index in [1.54, 1.807) is 0 Å². The first-order valence-corrected chi connectivity index (χ1v) is 9.96. The SMILES string of the molecule is CCOC(CCNC(=NC)N1CCN(CC(=O)NC(C)C)CC1)C(C)C.I. The van der Waals surface area contributed by atoms with Gasteiger partial charge in [0, 0.05) is 52.4 Å². The molecule has 7 nitrogen and oxygen atoms in total. The maximum absolute atomic E-state index is 11.9. The molecule has 1 atom stereocenters. The number of nitrogens with zero attached hydrogens (tertiary/aromatic N) is 3. The molecule has 0 aromatic rings. The maximum Gasteiger partial charge on any atom is 0.234 e. The fourth-order valence-corrected chi connectivity index (χ4v) is 3.17. The molecule has 1 fully saturated rings. The van der Waals surface area contributed by atoms with Crippen LogP contribution in [0.25, 0.3) is 0 Å². The molecule has 27 heavy (non-hydrogen) atoms. The van der Waals surface area contributed by atoms with Crippen LogP contribution < -0.4 is 10.6 Å². The predicted octanol–water partition coefficient (Wildman–Crippen LogP) is 1.77. The first-order chi connectivity index (χ1) is 12.4. The maximum atomic E-state index is 11.9. The molecule has 0 radical (unpaired) electrons. The van der Waals surface area contributed by atoms with Crippen molar-refractivity contribution in [3.05, 3.63) is 0 Å². The molecule has 1 saturated heterocycles. The van der Waals surface area contributed by atoms with E-state index in [1.165, 1.54) is 0 Å².